The smallest absolute Gasteiger partial charge is 0.00923 e. The molecular formula is C16H10. The van der Waals surface area contributed by atoms with Crippen LogP contribution in [-0.4, -0.2) is 0 Å². The average Bonchev–Trinajstić information content (AvgIpc) is 2.39. The number of benzene rings is 3. The predicted octanol–water partition coefficient (Wildman–Crippen LogP) is 4.11. The molecule has 0 spiro atoms. The Labute approximate surface area is 95.2 Å². The van der Waals surface area contributed by atoms with Crippen molar-refractivity contribution in [2.75, 3.05) is 0 Å². The highest BCUT2D eigenvalue weighted by molar-refractivity contribution is 5.86. The van der Waals surface area contributed by atoms with Gasteiger partial charge in [0.05, 0.1) is 0 Å². The van der Waals surface area contributed by atoms with Crippen molar-refractivity contribution in [3.05, 3.63) is 72.8 Å². The topological polar surface area (TPSA) is 0 Å². The van der Waals surface area contributed by atoms with E-state index in [9.17, 15) is 0 Å². The maximum absolute atomic E-state index is 3.30. The van der Waals surface area contributed by atoms with Crippen LogP contribution in [0.5, 0.6) is 0 Å². The summed E-state index contributed by atoms with van der Waals surface area (Å²) in [6.45, 7) is 0. The third kappa shape index (κ3) is 1.59. The minimum absolute atomic E-state index is 1.09. The second-order valence-corrected chi connectivity index (χ2v) is 3.75. The summed E-state index contributed by atoms with van der Waals surface area (Å²) >= 11 is 0. The van der Waals surface area contributed by atoms with Crippen LogP contribution in [0.3, 0.4) is 0 Å². The number of rotatable bonds is 1. The molecule has 0 fully saturated rings. The summed E-state index contributed by atoms with van der Waals surface area (Å²) in [4.78, 5) is 0. The first-order valence-electron chi connectivity index (χ1n) is 5.31. The molecule has 0 saturated carbocycles. The second kappa shape index (κ2) is 3.82. The first-order valence-corrected chi connectivity index (χ1v) is 5.31. The molecule has 3 aromatic carbocycles. The Hall–Kier alpha value is -2.08. The summed E-state index contributed by atoms with van der Waals surface area (Å²) in [6.07, 6.45) is 0. The third-order valence-corrected chi connectivity index (χ3v) is 2.68. The van der Waals surface area contributed by atoms with Crippen molar-refractivity contribution in [3.63, 3.8) is 0 Å². The molecule has 0 aromatic heterocycles. The van der Waals surface area contributed by atoms with Crippen molar-refractivity contribution in [3.8, 4) is 11.1 Å². The molecular weight excluding hydrogens is 192 g/mol. The molecule has 0 nitrogen and oxygen atoms in total. The predicted molar refractivity (Wildman–Crippen MR) is 67.1 cm³/mol. The molecule has 0 bridgehead atoms. The molecule has 16 heavy (non-hydrogen) atoms. The first kappa shape index (κ1) is 9.17. The average molecular weight is 202 g/mol. The van der Waals surface area contributed by atoms with E-state index in [0.717, 1.165) is 11.1 Å². The van der Waals surface area contributed by atoms with Crippen LogP contribution in [0.4, 0.5) is 0 Å². The highest BCUT2D eigenvalue weighted by Gasteiger charge is 1.98. The van der Waals surface area contributed by atoms with Crippen LogP contribution < -0.4 is 0 Å². The standard InChI is InChI=1S/C16H10/c1-2-6-13(7-3-1)16-11-10-14-8-4-5-9-15(14)12-16/h1-6,8-10,12H. The molecule has 0 aliphatic rings. The van der Waals surface area contributed by atoms with Gasteiger partial charge in [-0.2, -0.15) is 0 Å². The lowest BCUT2D eigenvalue weighted by Gasteiger charge is -2.02. The van der Waals surface area contributed by atoms with Gasteiger partial charge in [0.2, 0.25) is 0 Å². The lowest BCUT2D eigenvalue weighted by Crippen LogP contribution is -1.78. The van der Waals surface area contributed by atoms with E-state index in [2.05, 4.69) is 42.5 Å². The molecule has 0 heteroatoms. The van der Waals surface area contributed by atoms with Gasteiger partial charge in [0, 0.05) is 0 Å². The summed E-state index contributed by atoms with van der Waals surface area (Å²) in [6, 6.07) is 27.0. The van der Waals surface area contributed by atoms with Gasteiger partial charge in [0.25, 0.3) is 0 Å². The molecule has 0 unspecified atom stereocenters. The van der Waals surface area contributed by atoms with E-state index >= 15 is 0 Å². The highest BCUT2D eigenvalue weighted by atomic mass is 14.0. The van der Waals surface area contributed by atoms with Gasteiger partial charge in [-0.1, -0.05) is 48.5 Å². The fraction of sp³-hybridized carbons (Fsp3) is 0. The molecule has 0 aliphatic heterocycles. The van der Waals surface area contributed by atoms with Crippen molar-refractivity contribution in [2.45, 2.75) is 0 Å². The number of fused-ring (bicyclic) bond motifs is 1. The largest absolute Gasteiger partial charge is 0.0616 e. The van der Waals surface area contributed by atoms with Crippen molar-refractivity contribution in [2.24, 2.45) is 0 Å². The van der Waals surface area contributed by atoms with Crippen LogP contribution in [0, 0.1) is 12.1 Å². The van der Waals surface area contributed by atoms with Gasteiger partial charge in [-0.05, 0) is 46.2 Å². The van der Waals surface area contributed by atoms with Gasteiger partial charge in [-0.3, -0.25) is 0 Å². The maximum atomic E-state index is 3.30. The van der Waals surface area contributed by atoms with Gasteiger partial charge in [0.1, 0.15) is 0 Å². The second-order valence-electron chi connectivity index (χ2n) is 3.75. The summed E-state index contributed by atoms with van der Waals surface area (Å²) in [7, 11) is 0. The van der Waals surface area contributed by atoms with Crippen molar-refractivity contribution < 1.29 is 0 Å². The molecule has 74 valence electrons. The van der Waals surface area contributed by atoms with Crippen LogP contribution in [0.2, 0.25) is 0 Å². The zero-order chi connectivity index (χ0) is 10.8. The Morgan fingerprint density at radius 3 is 2.31 bits per heavy atom. The fourth-order valence-corrected chi connectivity index (χ4v) is 1.84. The molecule has 2 radical (unpaired) electrons. The van der Waals surface area contributed by atoms with Gasteiger partial charge < -0.3 is 0 Å². The maximum Gasteiger partial charge on any atom is -0.00923 e. The van der Waals surface area contributed by atoms with E-state index in [0.29, 0.717) is 0 Å². The molecule has 3 aromatic rings. The van der Waals surface area contributed by atoms with Crippen molar-refractivity contribution in [1.29, 1.82) is 0 Å². The third-order valence-electron chi connectivity index (χ3n) is 2.68. The van der Waals surface area contributed by atoms with Crippen molar-refractivity contribution >= 4 is 10.8 Å². The van der Waals surface area contributed by atoms with E-state index in [-0.39, 0.29) is 0 Å². The van der Waals surface area contributed by atoms with Crippen molar-refractivity contribution in [1.82, 2.24) is 0 Å². The minimum atomic E-state index is 1.09. The van der Waals surface area contributed by atoms with E-state index in [1.807, 2.05) is 30.3 Å². The Morgan fingerprint density at radius 1 is 0.688 bits per heavy atom. The molecule has 0 N–H and O–H groups in total. The minimum Gasteiger partial charge on any atom is -0.0616 e. The first-order chi connectivity index (χ1) is 7.93. The lowest BCUT2D eigenvalue weighted by molar-refractivity contribution is 1.62. The quantitative estimate of drug-likeness (QED) is 0.557. The van der Waals surface area contributed by atoms with Gasteiger partial charge in [-0.15, -0.1) is 0 Å². The lowest BCUT2D eigenvalue weighted by atomic mass is 10.0. The molecule has 0 amide bonds. The summed E-state index contributed by atoms with van der Waals surface area (Å²) in [5, 5.41) is 2.47. The van der Waals surface area contributed by atoms with Crippen LogP contribution in [-0.2, 0) is 0 Å². The van der Waals surface area contributed by atoms with Crippen LogP contribution in [0.1, 0.15) is 0 Å². The van der Waals surface area contributed by atoms with E-state index in [1.54, 1.807) is 0 Å². The molecule has 0 saturated heterocycles. The summed E-state index contributed by atoms with van der Waals surface area (Å²) in [5.41, 5.74) is 2.19. The summed E-state index contributed by atoms with van der Waals surface area (Å²) < 4.78 is 0. The van der Waals surface area contributed by atoms with Gasteiger partial charge in [-0.25, -0.2) is 0 Å². The van der Waals surface area contributed by atoms with Gasteiger partial charge in [0.15, 0.2) is 0 Å². The van der Waals surface area contributed by atoms with E-state index < -0.39 is 0 Å². The number of hydrogen-bond donors (Lipinski definition) is 0. The Morgan fingerprint density at radius 2 is 1.50 bits per heavy atom. The van der Waals surface area contributed by atoms with Crippen LogP contribution in [0.15, 0.2) is 60.7 Å². The van der Waals surface area contributed by atoms with Crippen LogP contribution in [0.25, 0.3) is 21.9 Å². The Bertz CT molecular complexity index is 609. The molecule has 0 heterocycles. The van der Waals surface area contributed by atoms with Crippen LogP contribution >= 0.6 is 0 Å². The zero-order valence-electron chi connectivity index (χ0n) is 8.77. The summed E-state index contributed by atoms with van der Waals surface area (Å²) in [5.74, 6) is 0. The SMILES string of the molecule is [c]1ccccc1-c1[c]cc2ccccc2c1. The fourth-order valence-electron chi connectivity index (χ4n) is 1.84. The Kier molecular flexibility index (Phi) is 2.19. The normalized spacial score (nSPS) is 10.5. The molecule has 0 aliphatic carbocycles. The molecule has 3 rings (SSSR count). The monoisotopic (exact) mass is 202 g/mol. The Balaban J connectivity index is 2.19. The van der Waals surface area contributed by atoms with E-state index in [4.69, 9.17) is 0 Å². The number of hydrogen-bond acceptors (Lipinski definition) is 0. The zero-order valence-corrected chi connectivity index (χ0v) is 8.77. The van der Waals surface area contributed by atoms with Gasteiger partial charge >= 0.3 is 0 Å². The van der Waals surface area contributed by atoms with E-state index in [1.165, 1.54) is 10.8 Å². The highest BCUT2D eigenvalue weighted by Crippen LogP contribution is 2.22. The molecule has 0 atom stereocenters.